The van der Waals surface area contributed by atoms with Crippen LogP contribution >= 0.6 is 12.4 Å². The van der Waals surface area contributed by atoms with Crippen LogP contribution in [0, 0.1) is 12.3 Å². The summed E-state index contributed by atoms with van der Waals surface area (Å²) in [4.78, 5) is 15.7. The Bertz CT molecular complexity index is 387. The van der Waals surface area contributed by atoms with E-state index in [1.165, 1.54) is 0 Å². The number of nitrogens with one attached hydrogen (secondary N) is 1. The van der Waals surface area contributed by atoms with E-state index in [1.807, 2.05) is 20.8 Å². The van der Waals surface area contributed by atoms with Gasteiger partial charge in [0, 0.05) is 13.0 Å². The highest BCUT2D eigenvalue weighted by Gasteiger charge is 2.27. The fourth-order valence-electron chi connectivity index (χ4n) is 1.24. The summed E-state index contributed by atoms with van der Waals surface area (Å²) in [5.41, 5.74) is 5.57. The maximum atomic E-state index is 11.7. The molecule has 0 aliphatic rings. The summed E-state index contributed by atoms with van der Waals surface area (Å²) in [6.07, 6.45) is 0.517. The number of nitrogens with two attached hydrogens (primary N) is 1. The van der Waals surface area contributed by atoms with E-state index in [0.29, 0.717) is 24.7 Å². The van der Waals surface area contributed by atoms with Crippen molar-refractivity contribution >= 4 is 18.3 Å². The Balaban J connectivity index is 0.00000289. The quantitative estimate of drug-likeness (QED) is 0.850. The summed E-state index contributed by atoms with van der Waals surface area (Å²) >= 11 is 0. The first-order valence-corrected chi connectivity index (χ1v) is 5.63. The van der Waals surface area contributed by atoms with Gasteiger partial charge in [-0.25, -0.2) is 0 Å². The summed E-state index contributed by atoms with van der Waals surface area (Å²) in [5.74, 6) is 0.957. The normalized spacial score (nSPS) is 12.7. The fourth-order valence-corrected chi connectivity index (χ4v) is 1.24. The van der Waals surface area contributed by atoms with E-state index in [-0.39, 0.29) is 23.7 Å². The third-order valence-corrected chi connectivity index (χ3v) is 2.42. The zero-order valence-electron chi connectivity index (χ0n) is 11.2. The van der Waals surface area contributed by atoms with Crippen LogP contribution in [0.5, 0.6) is 0 Å². The van der Waals surface area contributed by atoms with Gasteiger partial charge in [-0.3, -0.25) is 4.79 Å². The molecule has 0 unspecified atom stereocenters. The summed E-state index contributed by atoms with van der Waals surface area (Å²) in [6.45, 7) is 7.99. The second-order valence-corrected chi connectivity index (χ2v) is 5.12. The molecule has 0 aliphatic carbocycles. The van der Waals surface area contributed by atoms with E-state index in [2.05, 4.69) is 15.5 Å². The number of amides is 1. The van der Waals surface area contributed by atoms with Crippen molar-refractivity contribution in [2.75, 3.05) is 6.54 Å². The predicted molar refractivity (Wildman–Crippen MR) is 70.4 cm³/mol. The number of aromatic nitrogens is 2. The molecule has 3 N–H and O–H groups in total. The van der Waals surface area contributed by atoms with Crippen molar-refractivity contribution in [2.45, 2.75) is 40.2 Å². The maximum Gasteiger partial charge on any atom is 0.237 e. The first-order valence-electron chi connectivity index (χ1n) is 5.63. The molecule has 104 valence electrons. The fraction of sp³-hybridized carbons (Fsp3) is 0.727. The highest BCUT2D eigenvalue weighted by Crippen LogP contribution is 2.16. The van der Waals surface area contributed by atoms with Gasteiger partial charge in [0.15, 0.2) is 5.82 Å². The molecule has 0 fully saturated rings. The van der Waals surface area contributed by atoms with Crippen LogP contribution in [0.2, 0.25) is 0 Å². The lowest BCUT2D eigenvalue weighted by Crippen LogP contribution is -2.49. The van der Waals surface area contributed by atoms with E-state index >= 15 is 0 Å². The van der Waals surface area contributed by atoms with Gasteiger partial charge in [0.05, 0.1) is 6.04 Å². The lowest BCUT2D eigenvalue weighted by molar-refractivity contribution is -0.124. The Morgan fingerprint density at radius 3 is 2.56 bits per heavy atom. The van der Waals surface area contributed by atoms with Crippen molar-refractivity contribution < 1.29 is 9.32 Å². The van der Waals surface area contributed by atoms with E-state index in [9.17, 15) is 4.79 Å². The topological polar surface area (TPSA) is 94.0 Å². The highest BCUT2D eigenvalue weighted by molar-refractivity contribution is 5.85. The molecule has 18 heavy (non-hydrogen) atoms. The number of nitrogens with zero attached hydrogens (tertiary/aromatic N) is 2. The van der Waals surface area contributed by atoms with Crippen molar-refractivity contribution in [3.8, 4) is 0 Å². The van der Waals surface area contributed by atoms with Crippen LogP contribution in [-0.2, 0) is 11.2 Å². The van der Waals surface area contributed by atoms with Crippen LogP contribution in [0.3, 0.4) is 0 Å². The predicted octanol–water partition coefficient (Wildman–Crippen LogP) is 0.832. The Hall–Kier alpha value is -1.14. The van der Waals surface area contributed by atoms with Crippen LogP contribution in [0.25, 0.3) is 0 Å². The first-order chi connectivity index (χ1) is 7.80. The van der Waals surface area contributed by atoms with Crippen LogP contribution < -0.4 is 11.1 Å². The molecule has 1 aromatic heterocycles. The lowest BCUT2D eigenvalue weighted by Gasteiger charge is -2.25. The summed E-state index contributed by atoms with van der Waals surface area (Å²) < 4.78 is 4.93. The van der Waals surface area contributed by atoms with Gasteiger partial charge >= 0.3 is 0 Å². The second kappa shape index (κ2) is 6.70. The molecule has 0 spiro atoms. The third kappa shape index (κ3) is 5.01. The van der Waals surface area contributed by atoms with Crippen LogP contribution in [0.4, 0.5) is 0 Å². The van der Waals surface area contributed by atoms with E-state index in [1.54, 1.807) is 6.92 Å². The first kappa shape index (κ1) is 16.9. The minimum atomic E-state index is -0.521. The highest BCUT2D eigenvalue weighted by atomic mass is 35.5. The zero-order chi connectivity index (χ0) is 13.1. The summed E-state index contributed by atoms with van der Waals surface area (Å²) in [6, 6.07) is -0.521. The molecule has 0 saturated carbocycles. The molecular formula is C11H21ClN4O2. The average Bonchev–Trinajstić information content (AvgIpc) is 2.61. The minimum absolute atomic E-state index is 0. The van der Waals surface area contributed by atoms with Gasteiger partial charge in [0.25, 0.3) is 0 Å². The number of hydrogen-bond donors (Lipinski definition) is 2. The van der Waals surface area contributed by atoms with Gasteiger partial charge in [-0.2, -0.15) is 4.98 Å². The molecule has 7 heteroatoms. The van der Waals surface area contributed by atoms with E-state index < -0.39 is 6.04 Å². The van der Waals surface area contributed by atoms with Crippen molar-refractivity contribution in [1.29, 1.82) is 0 Å². The van der Waals surface area contributed by atoms with Gasteiger partial charge in [-0.05, 0) is 12.3 Å². The largest absolute Gasteiger partial charge is 0.354 e. The van der Waals surface area contributed by atoms with E-state index in [0.717, 1.165) is 0 Å². The SMILES string of the molecule is Cc1noc(CCNC(=O)[C@@H](N)C(C)(C)C)n1.Cl. The average molecular weight is 277 g/mol. The number of rotatable bonds is 4. The molecule has 0 radical (unpaired) electrons. The monoisotopic (exact) mass is 276 g/mol. The number of hydrogen-bond acceptors (Lipinski definition) is 5. The van der Waals surface area contributed by atoms with E-state index in [4.69, 9.17) is 10.3 Å². The van der Waals surface area contributed by atoms with Crippen LogP contribution in [0.1, 0.15) is 32.5 Å². The Morgan fingerprint density at radius 2 is 2.11 bits per heavy atom. The lowest BCUT2D eigenvalue weighted by atomic mass is 9.87. The van der Waals surface area contributed by atoms with Crippen molar-refractivity contribution in [1.82, 2.24) is 15.5 Å². The molecule has 1 aromatic rings. The van der Waals surface area contributed by atoms with Gasteiger partial charge in [0.1, 0.15) is 0 Å². The Kier molecular flexibility index (Phi) is 6.28. The summed E-state index contributed by atoms with van der Waals surface area (Å²) in [7, 11) is 0. The maximum absolute atomic E-state index is 11.7. The molecule has 0 bridgehead atoms. The Morgan fingerprint density at radius 1 is 1.50 bits per heavy atom. The van der Waals surface area contributed by atoms with Gasteiger partial charge in [-0.15, -0.1) is 12.4 Å². The molecule has 1 rings (SSSR count). The van der Waals surface area contributed by atoms with Gasteiger partial charge in [0.2, 0.25) is 11.8 Å². The standard InChI is InChI=1S/C11H20N4O2.ClH/c1-7-14-8(17-15-7)5-6-13-10(16)9(12)11(2,3)4;/h9H,5-6,12H2,1-4H3,(H,13,16);1H/t9-;/m1./s1. The second-order valence-electron chi connectivity index (χ2n) is 5.12. The molecule has 1 atom stereocenters. The molecule has 1 heterocycles. The third-order valence-electron chi connectivity index (χ3n) is 2.42. The zero-order valence-corrected chi connectivity index (χ0v) is 12.0. The molecule has 0 saturated heterocycles. The van der Waals surface area contributed by atoms with Gasteiger partial charge in [-0.1, -0.05) is 25.9 Å². The smallest absolute Gasteiger partial charge is 0.237 e. The molecule has 6 nitrogen and oxygen atoms in total. The number of aryl methyl sites for hydroxylation is 1. The van der Waals surface area contributed by atoms with Gasteiger partial charge < -0.3 is 15.6 Å². The van der Waals surface area contributed by atoms with Crippen LogP contribution in [-0.4, -0.2) is 28.6 Å². The summed E-state index contributed by atoms with van der Waals surface area (Å²) in [5, 5.41) is 6.42. The molecule has 0 aromatic carbocycles. The van der Waals surface area contributed by atoms with Crippen LogP contribution in [0.15, 0.2) is 4.52 Å². The molecule has 0 aliphatic heterocycles. The Labute approximate surface area is 113 Å². The molecule has 1 amide bonds. The molecular weight excluding hydrogens is 256 g/mol. The number of halogens is 1. The number of carbonyl (C=O) groups is 1. The minimum Gasteiger partial charge on any atom is -0.354 e. The van der Waals surface area contributed by atoms with Crippen molar-refractivity contribution in [2.24, 2.45) is 11.1 Å². The van der Waals surface area contributed by atoms with Crippen molar-refractivity contribution in [3.63, 3.8) is 0 Å². The number of carbonyl (C=O) groups excluding carboxylic acids is 1. The van der Waals surface area contributed by atoms with Crippen molar-refractivity contribution in [3.05, 3.63) is 11.7 Å².